The second kappa shape index (κ2) is 8.38. The third-order valence-corrected chi connectivity index (χ3v) is 7.36. The molecule has 0 atom stereocenters. The van der Waals surface area contributed by atoms with Crippen molar-refractivity contribution in [3.8, 4) is 0 Å². The van der Waals surface area contributed by atoms with Gasteiger partial charge in [0.15, 0.2) is 9.84 Å². The summed E-state index contributed by atoms with van der Waals surface area (Å²) in [6.07, 6.45) is 1.33. The lowest BCUT2D eigenvalue weighted by atomic mass is 9.91. The van der Waals surface area contributed by atoms with Crippen LogP contribution in [0, 0.1) is 0 Å². The first-order chi connectivity index (χ1) is 15.5. The molecular formula is C28H25NO2S. The molecule has 1 heterocycles. The lowest BCUT2D eigenvalue weighted by molar-refractivity contribution is 0.203. The highest BCUT2D eigenvalue weighted by atomic mass is 32.2. The van der Waals surface area contributed by atoms with Crippen LogP contribution in [-0.4, -0.2) is 32.7 Å². The number of nitrogens with zero attached hydrogens (tertiary/aromatic N) is 1. The van der Waals surface area contributed by atoms with Crippen LogP contribution in [0.2, 0.25) is 0 Å². The molecule has 3 nitrogen and oxygen atoms in total. The van der Waals surface area contributed by atoms with Crippen LogP contribution in [0.3, 0.4) is 0 Å². The zero-order valence-corrected chi connectivity index (χ0v) is 18.8. The summed E-state index contributed by atoms with van der Waals surface area (Å²) in [6, 6.07) is 34.8. The lowest BCUT2D eigenvalue weighted by Crippen LogP contribution is -2.44. The van der Waals surface area contributed by atoms with E-state index in [1.165, 1.54) is 17.4 Å². The van der Waals surface area contributed by atoms with Gasteiger partial charge in [0.2, 0.25) is 0 Å². The van der Waals surface area contributed by atoms with Gasteiger partial charge in [-0.15, -0.1) is 0 Å². The third kappa shape index (κ3) is 3.88. The van der Waals surface area contributed by atoms with Gasteiger partial charge >= 0.3 is 0 Å². The number of likely N-dealkylation sites (tertiary alicyclic amines) is 1. The average Bonchev–Trinajstić information content (AvgIpc) is 2.78. The van der Waals surface area contributed by atoms with E-state index in [-0.39, 0.29) is 6.04 Å². The molecule has 32 heavy (non-hydrogen) atoms. The molecule has 0 aliphatic carbocycles. The minimum atomic E-state index is -3.39. The maximum absolute atomic E-state index is 12.9. The van der Waals surface area contributed by atoms with Gasteiger partial charge in [0.1, 0.15) is 0 Å². The molecule has 4 heteroatoms. The molecule has 0 unspecified atom stereocenters. The van der Waals surface area contributed by atoms with Crippen LogP contribution in [0.4, 0.5) is 0 Å². The molecule has 4 aromatic carbocycles. The Hall–Kier alpha value is -3.21. The van der Waals surface area contributed by atoms with Crippen LogP contribution >= 0.6 is 0 Å². The predicted molar refractivity (Wildman–Crippen MR) is 132 cm³/mol. The zero-order valence-electron chi connectivity index (χ0n) is 18.0. The predicted octanol–water partition coefficient (Wildman–Crippen LogP) is 5.70. The van der Waals surface area contributed by atoms with Crippen molar-refractivity contribution in [3.63, 3.8) is 0 Å². The maximum Gasteiger partial charge on any atom is 0.176 e. The number of sulfone groups is 1. The lowest BCUT2D eigenvalue weighted by Gasteiger charge is -2.42. The van der Waals surface area contributed by atoms with Crippen molar-refractivity contribution < 1.29 is 8.42 Å². The van der Waals surface area contributed by atoms with Crippen LogP contribution in [0.5, 0.6) is 0 Å². The molecule has 0 amide bonds. The molecule has 1 fully saturated rings. The Morgan fingerprint density at radius 2 is 1.25 bits per heavy atom. The van der Waals surface area contributed by atoms with E-state index < -0.39 is 9.84 Å². The first-order valence-corrected chi connectivity index (χ1v) is 12.7. The van der Waals surface area contributed by atoms with Gasteiger partial charge in [-0.3, -0.25) is 4.90 Å². The molecule has 4 aromatic rings. The largest absolute Gasteiger partial charge is 0.284 e. The summed E-state index contributed by atoms with van der Waals surface area (Å²) in [5.41, 5.74) is 4.20. The van der Waals surface area contributed by atoms with Gasteiger partial charge in [0, 0.05) is 24.9 Å². The van der Waals surface area contributed by atoms with Gasteiger partial charge in [0.25, 0.3) is 0 Å². The molecule has 5 rings (SSSR count). The van der Waals surface area contributed by atoms with E-state index in [0.717, 1.165) is 21.9 Å². The molecule has 0 bridgehead atoms. The van der Waals surface area contributed by atoms with Gasteiger partial charge in [-0.1, -0.05) is 103 Å². The Morgan fingerprint density at radius 1 is 0.719 bits per heavy atom. The quantitative estimate of drug-likeness (QED) is 0.400. The molecule has 160 valence electrons. The zero-order chi connectivity index (χ0) is 22.1. The number of rotatable bonds is 5. The minimum Gasteiger partial charge on any atom is -0.284 e. The van der Waals surface area contributed by atoms with E-state index in [2.05, 4.69) is 53.4 Å². The van der Waals surface area contributed by atoms with Crippen molar-refractivity contribution in [1.82, 2.24) is 4.90 Å². The van der Waals surface area contributed by atoms with Crippen LogP contribution in [0.15, 0.2) is 109 Å². The van der Waals surface area contributed by atoms with Crippen molar-refractivity contribution >= 4 is 25.5 Å². The number of fused-ring (bicyclic) bond motifs is 1. The van der Waals surface area contributed by atoms with Crippen molar-refractivity contribution in [1.29, 1.82) is 0 Å². The molecule has 0 N–H and O–H groups in total. The molecule has 0 spiro atoms. The number of benzene rings is 4. The summed E-state index contributed by atoms with van der Waals surface area (Å²) < 4.78 is 25.9. The molecule has 0 saturated carbocycles. The van der Waals surface area contributed by atoms with Crippen LogP contribution < -0.4 is 0 Å². The number of hydrogen-bond acceptors (Lipinski definition) is 3. The molecular weight excluding hydrogens is 414 g/mol. The second-order valence-electron chi connectivity index (χ2n) is 8.36. The van der Waals surface area contributed by atoms with Crippen molar-refractivity contribution in [2.75, 3.05) is 19.3 Å². The summed E-state index contributed by atoms with van der Waals surface area (Å²) in [5.74, 6) is 0. The highest BCUT2D eigenvalue weighted by Gasteiger charge is 2.34. The van der Waals surface area contributed by atoms with E-state index in [4.69, 9.17) is 0 Å². The van der Waals surface area contributed by atoms with Gasteiger partial charge in [-0.2, -0.15) is 0 Å². The summed E-state index contributed by atoms with van der Waals surface area (Å²) in [4.78, 5) is 2.82. The first kappa shape index (κ1) is 20.7. The highest BCUT2D eigenvalue weighted by molar-refractivity contribution is 8.00. The Kier molecular flexibility index (Phi) is 5.41. The van der Waals surface area contributed by atoms with Gasteiger partial charge < -0.3 is 0 Å². The van der Waals surface area contributed by atoms with Crippen molar-refractivity contribution in [2.24, 2.45) is 0 Å². The Labute approximate surface area is 189 Å². The summed E-state index contributed by atoms with van der Waals surface area (Å²) >= 11 is 0. The molecule has 1 aliphatic rings. The van der Waals surface area contributed by atoms with E-state index >= 15 is 0 Å². The minimum absolute atomic E-state index is 0.0921. The van der Waals surface area contributed by atoms with Crippen LogP contribution in [0.1, 0.15) is 22.7 Å². The van der Waals surface area contributed by atoms with Crippen LogP contribution in [0.25, 0.3) is 15.7 Å². The first-order valence-electron chi connectivity index (χ1n) is 10.8. The fraction of sp³-hybridized carbons (Fsp3) is 0.143. The Morgan fingerprint density at radius 3 is 1.84 bits per heavy atom. The van der Waals surface area contributed by atoms with Gasteiger partial charge in [-0.25, -0.2) is 8.42 Å². The summed E-state index contributed by atoms with van der Waals surface area (Å²) in [6.45, 7) is 1.25. The average molecular weight is 440 g/mol. The normalized spacial score (nSPS) is 14.5. The molecule has 0 aromatic heterocycles. The van der Waals surface area contributed by atoms with E-state index in [0.29, 0.717) is 18.0 Å². The fourth-order valence-electron chi connectivity index (χ4n) is 4.73. The SMILES string of the molecule is CS(=O)(=O)C(=C1CN(C(c2ccccc2)c2ccccc2)C1)c1cccc2ccccc12. The van der Waals surface area contributed by atoms with E-state index in [1.807, 2.05) is 54.6 Å². The summed E-state index contributed by atoms with van der Waals surface area (Å²) in [7, 11) is -3.39. The fourth-order valence-corrected chi connectivity index (χ4v) is 5.96. The number of hydrogen-bond donors (Lipinski definition) is 0. The molecule has 1 saturated heterocycles. The maximum atomic E-state index is 12.9. The van der Waals surface area contributed by atoms with Gasteiger partial charge in [0.05, 0.1) is 10.9 Å². The highest BCUT2D eigenvalue weighted by Crippen LogP contribution is 2.39. The Bertz CT molecular complexity index is 1340. The smallest absolute Gasteiger partial charge is 0.176 e. The van der Waals surface area contributed by atoms with Gasteiger partial charge in [-0.05, 0) is 27.5 Å². The standard InChI is InChI=1S/C28H25NO2S/c1-32(30,31)28(26-18-10-16-21-11-8-9-17-25(21)26)24-19-29(20-24)27(22-12-4-2-5-13-22)23-14-6-3-7-15-23/h2-18,27H,19-20H2,1H3. The van der Waals surface area contributed by atoms with Crippen LogP contribution in [-0.2, 0) is 9.84 Å². The van der Waals surface area contributed by atoms with E-state index in [9.17, 15) is 8.42 Å². The molecule has 1 aliphatic heterocycles. The van der Waals surface area contributed by atoms with E-state index in [1.54, 1.807) is 0 Å². The van der Waals surface area contributed by atoms with Crippen molar-refractivity contribution in [3.05, 3.63) is 125 Å². The Balaban J connectivity index is 1.57. The van der Waals surface area contributed by atoms with Crippen molar-refractivity contribution in [2.45, 2.75) is 6.04 Å². The molecule has 0 radical (unpaired) electrons. The second-order valence-corrected chi connectivity index (χ2v) is 10.3. The monoisotopic (exact) mass is 439 g/mol. The third-order valence-electron chi connectivity index (χ3n) is 6.11. The summed E-state index contributed by atoms with van der Waals surface area (Å²) in [5, 5.41) is 2.03. The topological polar surface area (TPSA) is 37.4 Å².